The Hall–Kier alpha value is -2.60. The fraction of sp³-hybridized carbons (Fsp3) is 0.263. The van der Waals surface area contributed by atoms with Crippen LogP contribution in [0, 0.1) is 0 Å². The number of aromatic amines is 1. The fourth-order valence-electron chi connectivity index (χ4n) is 4.18. The monoisotopic (exact) mass is 351 g/mol. The lowest BCUT2D eigenvalue weighted by atomic mass is 9.87. The molecule has 0 bridgehead atoms. The topological polar surface area (TPSA) is 56.4 Å². The molecule has 5 nitrogen and oxygen atoms in total. The van der Waals surface area contributed by atoms with Crippen LogP contribution in [-0.4, -0.2) is 46.2 Å². The first-order chi connectivity index (χ1) is 12.1. The number of nitrogens with zero attached hydrogens (tertiary/aromatic N) is 2. The number of amides is 2. The molecule has 5 rings (SSSR count). The van der Waals surface area contributed by atoms with E-state index in [4.69, 9.17) is 0 Å². The third-order valence-corrected chi connectivity index (χ3v) is 6.01. The molecule has 2 unspecified atom stereocenters. The number of hydrogen-bond donors (Lipinski definition) is 1. The maximum absolute atomic E-state index is 12.8. The van der Waals surface area contributed by atoms with Gasteiger partial charge in [-0.1, -0.05) is 18.2 Å². The smallest absolute Gasteiger partial charge is 0.245 e. The lowest BCUT2D eigenvalue weighted by Gasteiger charge is -2.46. The van der Waals surface area contributed by atoms with Gasteiger partial charge in [-0.3, -0.25) is 9.59 Å². The molecule has 1 aromatic carbocycles. The van der Waals surface area contributed by atoms with E-state index >= 15 is 0 Å². The Kier molecular flexibility index (Phi) is 3.06. The molecule has 2 amide bonds. The second-order valence-electron chi connectivity index (χ2n) is 6.74. The number of rotatable bonds is 1. The molecule has 6 heteroatoms. The van der Waals surface area contributed by atoms with E-state index in [-0.39, 0.29) is 24.4 Å². The van der Waals surface area contributed by atoms with E-state index in [2.05, 4.69) is 16.4 Å². The van der Waals surface area contributed by atoms with Gasteiger partial charge in [-0.05, 0) is 34.0 Å². The van der Waals surface area contributed by atoms with Crippen LogP contribution in [0.3, 0.4) is 0 Å². The van der Waals surface area contributed by atoms with Crippen LogP contribution in [0.2, 0.25) is 0 Å². The van der Waals surface area contributed by atoms with Gasteiger partial charge in [0.2, 0.25) is 11.8 Å². The van der Waals surface area contributed by atoms with Crippen LogP contribution in [0.5, 0.6) is 0 Å². The SMILES string of the molecule is CN1CC(=O)N2C(Cc3c([nH]c4ccccc34)C2c2ccsc2)C1=O. The van der Waals surface area contributed by atoms with Crippen LogP contribution in [0.15, 0.2) is 41.1 Å². The lowest BCUT2D eigenvalue weighted by molar-refractivity contribution is -0.157. The number of piperazine rings is 1. The minimum atomic E-state index is -0.428. The molecule has 2 aliphatic rings. The molecular weight excluding hydrogens is 334 g/mol. The van der Waals surface area contributed by atoms with Crippen LogP contribution < -0.4 is 0 Å². The summed E-state index contributed by atoms with van der Waals surface area (Å²) in [4.78, 5) is 32.5. The van der Waals surface area contributed by atoms with Crippen molar-refractivity contribution in [2.45, 2.75) is 18.5 Å². The van der Waals surface area contributed by atoms with Gasteiger partial charge >= 0.3 is 0 Å². The Morgan fingerprint density at radius 1 is 1.20 bits per heavy atom. The van der Waals surface area contributed by atoms with E-state index in [0.29, 0.717) is 6.42 Å². The summed E-state index contributed by atoms with van der Waals surface area (Å²) in [5, 5.41) is 5.23. The molecule has 0 radical (unpaired) electrons. The minimum absolute atomic E-state index is 0.00704. The Balaban J connectivity index is 1.77. The minimum Gasteiger partial charge on any atom is -0.356 e. The van der Waals surface area contributed by atoms with Crippen molar-refractivity contribution in [3.8, 4) is 0 Å². The molecule has 2 atom stereocenters. The summed E-state index contributed by atoms with van der Waals surface area (Å²) in [6, 6.07) is 9.55. The van der Waals surface area contributed by atoms with Gasteiger partial charge in [0.15, 0.2) is 0 Å². The van der Waals surface area contributed by atoms with Crippen molar-refractivity contribution in [2.75, 3.05) is 13.6 Å². The van der Waals surface area contributed by atoms with Crippen molar-refractivity contribution in [3.05, 3.63) is 57.9 Å². The van der Waals surface area contributed by atoms with E-state index in [9.17, 15) is 9.59 Å². The van der Waals surface area contributed by atoms with Crippen molar-refractivity contribution >= 4 is 34.1 Å². The van der Waals surface area contributed by atoms with Gasteiger partial charge in [0.1, 0.15) is 6.04 Å². The fourth-order valence-corrected chi connectivity index (χ4v) is 4.86. The number of thiophene rings is 1. The van der Waals surface area contributed by atoms with Crippen LogP contribution in [-0.2, 0) is 16.0 Å². The largest absolute Gasteiger partial charge is 0.356 e. The standard InChI is InChI=1S/C19H17N3O2S/c1-21-9-16(23)22-15(19(21)24)8-13-12-4-2-3-5-14(12)20-17(13)18(22)11-6-7-25-10-11/h2-7,10,15,18,20H,8-9H2,1H3. The third-order valence-electron chi connectivity index (χ3n) is 5.31. The van der Waals surface area contributed by atoms with E-state index in [1.165, 1.54) is 0 Å². The normalized spacial score (nSPS) is 23.1. The zero-order valence-corrected chi connectivity index (χ0v) is 14.5. The van der Waals surface area contributed by atoms with Crippen LogP contribution in [0.4, 0.5) is 0 Å². The van der Waals surface area contributed by atoms with Gasteiger partial charge in [0.05, 0.1) is 12.6 Å². The summed E-state index contributed by atoms with van der Waals surface area (Å²) in [5.41, 5.74) is 4.32. The number of carbonyl (C=O) groups is 2. The number of fused-ring (bicyclic) bond motifs is 4. The molecule has 1 N–H and O–H groups in total. The van der Waals surface area contributed by atoms with Crippen molar-refractivity contribution in [2.24, 2.45) is 0 Å². The summed E-state index contributed by atoms with van der Waals surface area (Å²) in [6.45, 7) is 0.144. The maximum Gasteiger partial charge on any atom is 0.245 e. The lowest BCUT2D eigenvalue weighted by Crippen LogP contribution is -2.62. The Bertz CT molecular complexity index is 991. The number of aromatic nitrogens is 1. The zero-order chi connectivity index (χ0) is 17.1. The van der Waals surface area contributed by atoms with Crippen LogP contribution in [0.1, 0.15) is 22.9 Å². The predicted octanol–water partition coefficient (Wildman–Crippen LogP) is 2.54. The molecule has 0 aliphatic carbocycles. The Labute approximate surface area is 148 Å². The summed E-state index contributed by atoms with van der Waals surface area (Å²) in [6.07, 6.45) is 0.564. The maximum atomic E-state index is 12.8. The summed E-state index contributed by atoms with van der Waals surface area (Å²) in [5.74, 6) is 0.0309. The highest BCUT2D eigenvalue weighted by Crippen LogP contribution is 2.42. The number of hydrogen-bond acceptors (Lipinski definition) is 3. The van der Waals surface area contributed by atoms with Gasteiger partial charge in [0.25, 0.3) is 0 Å². The van der Waals surface area contributed by atoms with Crippen LogP contribution >= 0.6 is 11.3 Å². The molecule has 2 aliphatic heterocycles. The molecular formula is C19H17N3O2S. The highest BCUT2D eigenvalue weighted by Gasteiger charge is 2.47. The summed E-state index contributed by atoms with van der Waals surface area (Å²) in [7, 11) is 1.71. The second kappa shape index (κ2) is 5.20. The van der Waals surface area contributed by atoms with Crippen LogP contribution in [0.25, 0.3) is 10.9 Å². The number of carbonyl (C=O) groups excluding carboxylic acids is 2. The second-order valence-corrected chi connectivity index (χ2v) is 7.52. The average Bonchev–Trinajstić information content (AvgIpc) is 3.25. The van der Waals surface area contributed by atoms with E-state index in [1.807, 2.05) is 29.6 Å². The van der Waals surface area contributed by atoms with E-state index in [0.717, 1.165) is 27.7 Å². The number of likely N-dealkylation sites (N-methyl/N-ethyl adjacent to an activating group) is 1. The zero-order valence-electron chi connectivity index (χ0n) is 13.7. The summed E-state index contributed by atoms with van der Waals surface area (Å²) >= 11 is 1.61. The number of benzene rings is 1. The van der Waals surface area contributed by atoms with Crippen molar-refractivity contribution < 1.29 is 9.59 Å². The molecule has 0 saturated carbocycles. The highest BCUT2D eigenvalue weighted by molar-refractivity contribution is 7.08. The van der Waals surface area contributed by atoms with Crippen molar-refractivity contribution in [1.29, 1.82) is 0 Å². The molecule has 2 aromatic heterocycles. The third kappa shape index (κ3) is 2.00. The van der Waals surface area contributed by atoms with Gasteiger partial charge in [0, 0.05) is 30.1 Å². The number of nitrogens with one attached hydrogen (secondary N) is 1. The average molecular weight is 351 g/mol. The Morgan fingerprint density at radius 2 is 2.04 bits per heavy atom. The first kappa shape index (κ1) is 14.7. The molecule has 3 aromatic rings. The molecule has 126 valence electrons. The van der Waals surface area contributed by atoms with Gasteiger partial charge in [-0.15, -0.1) is 0 Å². The number of para-hydroxylation sites is 1. The summed E-state index contributed by atoms with van der Waals surface area (Å²) < 4.78 is 0. The first-order valence-electron chi connectivity index (χ1n) is 8.33. The van der Waals surface area contributed by atoms with Crippen molar-refractivity contribution in [1.82, 2.24) is 14.8 Å². The van der Waals surface area contributed by atoms with E-state index < -0.39 is 6.04 Å². The molecule has 1 fully saturated rings. The quantitative estimate of drug-likeness (QED) is 0.732. The molecule has 1 saturated heterocycles. The molecule has 4 heterocycles. The van der Waals surface area contributed by atoms with Gasteiger partial charge in [-0.25, -0.2) is 0 Å². The van der Waals surface area contributed by atoms with Gasteiger partial charge < -0.3 is 14.8 Å². The van der Waals surface area contributed by atoms with Gasteiger partial charge in [-0.2, -0.15) is 11.3 Å². The van der Waals surface area contributed by atoms with Crippen molar-refractivity contribution in [3.63, 3.8) is 0 Å². The highest BCUT2D eigenvalue weighted by atomic mass is 32.1. The predicted molar refractivity (Wildman–Crippen MR) is 96.4 cm³/mol. The Morgan fingerprint density at radius 3 is 2.84 bits per heavy atom. The molecule has 0 spiro atoms. The molecule has 25 heavy (non-hydrogen) atoms. The number of H-pyrrole nitrogens is 1. The van der Waals surface area contributed by atoms with E-state index in [1.54, 1.807) is 28.2 Å². The first-order valence-corrected chi connectivity index (χ1v) is 9.27.